The van der Waals surface area contributed by atoms with Gasteiger partial charge in [-0.15, -0.1) is 0 Å². The number of carbonyl (C=O) groups excluding carboxylic acids is 1. The molecule has 6 aromatic rings. The van der Waals surface area contributed by atoms with Gasteiger partial charge in [-0.05, 0) is 88.2 Å². The van der Waals surface area contributed by atoms with Crippen LogP contribution in [0.2, 0.25) is 0 Å². The van der Waals surface area contributed by atoms with E-state index in [9.17, 15) is 14.4 Å². The molecule has 2 atom stereocenters. The van der Waals surface area contributed by atoms with Crippen molar-refractivity contribution in [3.8, 4) is 33.9 Å². The Morgan fingerprint density at radius 2 is 1.24 bits per heavy atom. The number of nitrogens with one attached hydrogen (secondary N) is 1. The zero-order chi connectivity index (χ0) is 45.7. The number of hydrogen-bond acceptors (Lipinski definition) is 10. The van der Waals surface area contributed by atoms with Crippen molar-refractivity contribution in [2.75, 3.05) is 27.4 Å². The maximum absolute atomic E-state index is 11.0. The monoisotopic (exact) mass is 851 g/mol. The third kappa shape index (κ3) is 14.2. The van der Waals surface area contributed by atoms with Gasteiger partial charge in [0.1, 0.15) is 17.8 Å². The number of aromatic nitrogens is 1. The first-order valence-corrected chi connectivity index (χ1v) is 19.9. The predicted octanol–water partition coefficient (Wildman–Crippen LogP) is 7.82. The van der Waals surface area contributed by atoms with Crippen LogP contribution in [-0.2, 0) is 16.1 Å². The molecule has 0 aliphatic rings. The molecule has 1 heterocycles. The van der Waals surface area contributed by atoms with Gasteiger partial charge in [0.15, 0.2) is 6.29 Å². The second-order valence-electron chi connectivity index (χ2n) is 14.0. The van der Waals surface area contributed by atoms with E-state index in [1.54, 1.807) is 13.2 Å². The number of nitrogens with zero attached hydrogens (tertiary/aromatic N) is 1. The van der Waals surface area contributed by atoms with Crippen molar-refractivity contribution in [2.45, 2.75) is 32.5 Å². The zero-order valence-corrected chi connectivity index (χ0v) is 35.6. The lowest BCUT2D eigenvalue weighted by atomic mass is 9.96. The molecule has 12 nitrogen and oxygen atoms in total. The molecule has 5 aromatic carbocycles. The zero-order valence-electron chi connectivity index (χ0n) is 35.6. The number of carboxylic acids is 2. The predicted molar refractivity (Wildman–Crippen MR) is 248 cm³/mol. The van der Waals surface area contributed by atoms with Gasteiger partial charge in [0.05, 0.1) is 38.7 Å². The summed E-state index contributed by atoms with van der Waals surface area (Å²) in [5.74, 6) is -1.29. The second-order valence-corrected chi connectivity index (χ2v) is 14.0. The quantitative estimate of drug-likeness (QED) is 0.0408. The Labute approximate surface area is 367 Å². The fraction of sp³-hybridized carbons (Fsp3) is 0.176. The van der Waals surface area contributed by atoms with Crippen LogP contribution in [0.15, 0.2) is 127 Å². The summed E-state index contributed by atoms with van der Waals surface area (Å²) in [6, 6.07) is 40.3. The number of aldehydes is 1. The van der Waals surface area contributed by atoms with Gasteiger partial charge in [0, 0.05) is 12.1 Å². The van der Waals surface area contributed by atoms with E-state index in [-0.39, 0.29) is 6.54 Å². The van der Waals surface area contributed by atoms with Gasteiger partial charge in [0.25, 0.3) is 0 Å². The van der Waals surface area contributed by atoms with E-state index in [0.29, 0.717) is 22.8 Å². The molecule has 0 aliphatic heterocycles. The molecule has 63 heavy (non-hydrogen) atoms. The van der Waals surface area contributed by atoms with Crippen LogP contribution in [0, 0.1) is 13.8 Å². The van der Waals surface area contributed by atoms with Crippen molar-refractivity contribution >= 4 is 42.5 Å². The number of nitrogens with two attached hydrogens (primary N) is 1. The van der Waals surface area contributed by atoms with Crippen LogP contribution >= 0.6 is 0 Å². The lowest BCUT2D eigenvalue weighted by Gasteiger charge is -2.13. The van der Waals surface area contributed by atoms with Crippen LogP contribution in [0.25, 0.3) is 46.6 Å². The SMILES string of the molecule is COc1cc(/C=C/c2cccc(-c3ccccc3)c2C)ccc1C=O.COc1nc(/C=C/c2cccc(-c3ccccc3)c2C)ccc1CN[C@H](CO)C(=O)O.N[C@H](CO)C(=O)O. The fourth-order valence-corrected chi connectivity index (χ4v) is 6.25. The Morgan fingerprint density at radius 3 is 1.70 bits per heavy atom. The number of aliphatic hydroxyl groups is 2. The number of rotatable bonds is 16. The largest absolute Gasteiger partial charge is 0.496 e. The van der Waals surface area contributed by atoms with Gasteiger partial charge < -0.3 is 35.6 Å². The number of aliphatic carboxylic acids is 2. The normalized spacial score (nSPS) is 11.7. The number of carbonyl (C=O) groups is 3. The third-order valence-electron chi connectivity index (χ3n) is 9.88. The van der Waals surface area contributed by atoms with Crippen LogP contribution < -0.4 is 20.5 Å². The van der Waals surface area contributed by atoms with Gasteiger partial charge in [0.2, 0.25) is 5.88 Å². The van der Waals surface area contributed by atoms with Crippen LogP contribution in [0.4, 0.5) is 0 Å². The number of benzene rings is 5. The molecule has 0 bridgehead atoms. The second kappa shape index (κ2) is 24.9. The highest BCUT2D eigenvalue weighted by Gasteiger charge is 2.16. The maximum Gasteiger partial charge on any atom is 0.323 e. The fourth-order valence-electron chi connectivity index (χ4n) is 6.25. The number of carboxylic acid groups (broad SMARTS) is 2. The van der Waals surface area contributed by atoms with Gasteiger partial charge in [-0.3, -0.25) is 19.7 Å². The van der Waals surface area contributed by atoms with Crippen molar-refractivity contribution in [1.82, 2.24) is 10.3 Å². The van der Waals surface area contributed by atoms with Crippen LogP contribution in [0.1, 0.15) is 49.4 Å². The summed E-state index contributed by atoms with van der Waals surface area (Å²) in [6.07, 6.45) is 8.88. The Hall–Kier alpha value is -7.22. The number of ether oxygens (including phenoxy) is 2. The average Bonchev–Trinajstić information content (AvgIpc) is 3.31. The molecule has 0 saturated carbocycles. The minimum absolute atomic E-state index is 0.218. The van der Waals surface area contributed by atoms with Crippen LogP contribution in [0.3, 0.4) is 0 Å². The Morgan fingerprint density at radius 1 is 0.667 bits per heavy atom. The maximum atomic E-state index is 11.0. The first-order valence-electron chi connectivity index (χ1n) is 19.9. The minimum atomic E-state index is -1.18. The molecule has 12 heteroatoms. The molecule has 0 saturated heterocycles. The van der Waals surface area contributed by atoms with E-state index in [0.717, 1.165) is 23.1 Å². The summed E-state index contributed by atoms with van der Waals surface area (Å²) < 4.78 is 10.6. The molecule has 0 aliphatic carbocycles. The van der Waals surface area contributed by atoms with E-state index in [1.165, 1.54) is 46.1 Å². The molecule has 1 aromatic heterocycles. The van der Waals surface area contributed by atoms with E-state index in [2.05, 4.69) is 97.0 Å². The van der Waals surface area contributed by atoms with Crippen LogP contribution in [-0.4, -0.2) is 83.2 Å². The van der Waals surface area contributed by atoms with Crippen LogP contribution in [0.5, 0.6) is 11.6 Å². The van der Waals surface area contributed by atoms with Crippen molar-refractivity contribution in [3.63, 3.8) is 0 Å². The van der Waals surface area contributed by atoms with E-state index >= 15 is 0 Å². The molecule has 0 radical (unpaired) electrons. The minimum Gasteiger partial charge on any atom is -0.496 e. The van der Waals surface area contributed by atoms with Gasteiger partial charge in [-0.2, -0.15) is 0 Å². The smallest absolute Gasteiger partial charge is 0.323 e. The summed E-state index contributed by atoms with van der Waals surface area (Å²) in [7, 11) is 3.09. The van der Waals surface area contributed by atoms with E-state index < -0.39 is 37.2 Å². The lowest BCUT2D eigenvalue weighted by Crippen LogP contribution is -2.39. The highest BCUT2D eigenvalue weighted by atomic mass is 16.5. The Balaban J connectivity index is 0.000000244. The summed E-state index contributed by atoms with van der Waals surface area (Å²) in [4.78, 5) is 36.2. The highest BCUT2D eigenvalue weighted by molar-refractivity contribution is 5.82. The van der Waals surface area contributed by atoms with Gasteiger partial charge in [-0.25, -0.2) is 4.98 Å². The number of methoxy groups -OCH3 is 2. The Bertz CT molecular complexity index is 2490. The molecule has 326 valence electrons. The van der Waals surface area contributed by atoms with Crippen molar-refractivity contribution in [3.05, 3.63) is 172 Å². The number of aliphatic hydroxyl groups excluding tert-OH is 2. The molecule has 7 N–H and O–H groups in total. The Kier molecular flexibility index (Phi) is 19.1. The number of hydrogen-bond donors (Lipinski definition) is 6. The first kappa shape index (κ1) is 48.4. The average molecular weight is 852 g/mol. The van der Waals surface area contributed by atoms with Crippen molar-refractivity contribution < 1.29 is 44.3 Å². The molecule has 0 unspecified atom stereocenters. The summed E-state index contributed by atoms with van der Waals surface area (Å²) in [5, 5.41) is 36.8. The standard InChI is InChI=1S/C25H26N2O4.C23H20O2.C3H7NO3/c1-17-18(9-6-10-22(17)19-7-4-3-5-8-19)11-13-21-14-12-20(24(27-21)31-2)15-26-23(16-28)25(29)30;1-17-19(9-6-10-22(17)20-7-4-3-5-8-20)13-11-18-12-14-21(16-24)23(15-18)25-2;4-2(1-5)3(6)7/h3-14,23,26,28H,15-16H2,1-2H3,(H,29,30);3-16H,1-2H3;2,5H,1,4H2,(H,6,7)/b2*13-11+;/t23-;;2-/m1.1/s1. The molecule has 6 rings (SSSR count). The third-order valence-corrected chi connectivity index (χ3v) is 9.88. The lowest BCUT2D eigenvalue weighted by molar-refractivity contribution is -0.141. The highest BCUT2D eigenvalue weighted by Crippen LogP contribution is 2.29. The molecular weight excluding hydrogens is 799 g/mol. The number of pyridine rings is 1. The summed E-state index contributed by atoms with van der Waals surface area (Å²) in [5.41, 5.74) is 17.2. The van der Waals surface area contributed by atoms with Gasteiger partial charge in [-0.1, -0.05) is 127 Å². The summed E-state index contributed by atoms with van der Waals surface area (Å²) >= 11 is 0. The molecule has 0 fully saturated rings. The van der Waals surface area contributed by atoms with Gasteiger partial charge >= 0.3 is 11.9 Å². The molecular formula is C51H53N3O9. The van der Waals surface area contributed by atoms with Crippen molar-refractivity contribution in [1.29, 1.82) is 0 Å². The van der Waals surface area contributed by atoms with E-state index in [4.69, 9.17) is 35.6 Å². The topological polar surface area (TPSA) is 202 Å². The first-order chi connectivity index (χ1) is 30.4. The van der Waals surface area contributed by atoms with Crippen molar-refractivity contribution in [2.24, 2.45) is 5.73 Å². The van der Waals surface area contributed by atoms with E-state index in [1.807, 2.05) is 72.8 Å². The molecule has 0 spiro atoms. The summed E-state index contributed by atoms with van der Waals surface area (Å²) in [6.45, 7) is 3.46. The molecule has 0 amide bonds.